The number of aliphatic imine (C=N–C) groups is 1. The van der Waals surface area contributed by atoms with E-state index in [1.165, 1.54) is 28.8 Å². The third-order valence-electron chi connectivity index (χ3n) is 5.07. The number of thioether (sulfide) groups is 1. The molecule has 34 heavy (non-hydrogen) atoms. The SMILES string of the molecule is CN1C(=O)/C(=C/c2ccccc2OCc2ccccc2C#N)SC1=Nc1ccc(C(=O)O)cc1. The van der Waals surface area contributed by atoms with E-state index in [4.69, 9.17) is 9.84 Å². The van der Waals surface area contributed by atoms with E-state index < -0.39 is 5.97 Å². The van der Waals surface area contributed by atoms with Crippen LogP contribution in [0.25, 0.3) is 6.08 Å². The Balaban J connectivity index is 1.56. The lowest BCUT2D eigenvalue weighted by atomic mass is 10.1. The normalized spacial score (nSPS) is 15.5. The summed E-state index contributed by atoms with van der Waals surface area (Å²) in [7, 11) is 1.64. The van der Waals surface area contributed by atoms with Crippen LogP contribution in [0.3, 0.4) is 0 Å². The fourth-order valence-corrected chi connectivity index (χ4v) is 4.20. The quantitative estimate of drug-likeness (QED) is 0.506. The molecule has 1 aliphatic rings. The molecule has 3 aromatic carbocycles. The lowest BCUT2D eigenvalue weighted by Gasteiger charge is -2.10. The summed E-state index contributed by atoms with van der Waals surface area (Å²) in [6, 6.07) is 22.9. The Morgan fingerprint density at radius 3 is 2.56 bits per heavy atom. The van der Waals surface area contributed by atoms with Crippen molar-refractivity contribution in [3.05, 3.63) is 100.0 Å². The van der Waals surface area contributed by atoms with Crippen LogP contribution in [0.1, 0.15) is 27.0 Å². The number of rotatable bonds is 6. The first kappa shape index (κ1) is 22.8. The van der Waals surface area contributed by atoms with Crippen molar-refractivity contribution in [1.29, 1.82) is 5.26 Å². The molecule has 0 aliphatic carbocycles. The molecule has 0 bridgehead atoms. The second-order valence-electron chi connectivity index (χ2n) is 7.32. The van der Waals surface area contributed by atoms with Gasteiger partial charge in [-0.25, -0.2) is 9.79 Å². The molecule has 7 nitrogen and oxygen atoms in total. The van der Waals surface area contributed by atoms with Gasteiger partial charge in [0.2, 0.25) is 0 Å². The van der Waals surface area contributed by atoms with Crippen molar-refractivity contribution in [1.82, 2.24) is 4.90 Å². The average molecular weight is 470 g/mol. The summed E-state index contributed by atoms with van der Waals surface area (Å²) in [6.07, 6.45) is 1.76. The molecule has 1 amide bonds. The number of carboxylic acids is 1. The second-order valence-corrected chi connectivity index (χ2v) is 8.33. The van der Waals surface area contributed by atoms with Gasteiger partial charge in [-0.05, 0) is 54.2 Å². The maximum absolute atomic E-state index is 12.8. The highest BCUT2D eigenvalue weighted by Gasteiger charge is 2.30. The van der Waals surface area contributed by atoms with E-state index in [9.17, 15) is 14.9 Å². The molecule has 0 radical (unpaired) electrons. The molecule has 0 aromatic heterocycles. The Bertz CT molecular complexity index is 1360. The van der Waals surface area contributed by atoms with E-state index in [2.05, 4.69) is 11.1 Å². The van der Waals surface area contributed by atoms with Crippen molar-refractivity contribution in [3.63, 3.8) is 0 Å². The highest BCUT2D eigenvalue weighted by molar-refractivity contribution is 8.18. The lowest BCUT2D eigenvalue weighted by Crippen LogP contribution is -2.23. The van der Waals surface area contributed by atoms with Gasteiger partial charge in [0, 0.05) is 18.2 Å². The van der Waals surface area contributed by atoms with E-state index >= 15 is 0 Å². The molecule has 3 aromatic rings. The van der Waals surface area contributed by atoms with Gasteiger partial charge in [0.15, 0.2) is 5.17 Å². The molecular weight excluding hydrogens is 450 g/mol. The van der Waals surface area contributed by atoms with Gasteiger partial charge >= 0.3 is 5.97 Å². The van der Waals surface area contributed by atoms with Gasteiger partial charge in [-0.1, -0.05) is 36.4 Å². The average Bonchev–Trinajstić information content (AvgIpc) is 3.11. The number of carbonyl (C=O) groups excluding carboxylic acids is 1. The maximum atomic E-state index is 12.8. The zero-order chi connectivity index (χ0) is 24.1. The molecule has 1 fully saturated rings. The summed E-state index contributed by atoms with van der Waals surface area (Å²) in [5, 5.41) is 18.8. The van der Waals surface area contributed by atoms with Crippen molar-refractivity contribution >= 4 is 40.6 Å². The van der Waals surface area contributed by atoms with Crippen molar-refractivity contribution in [2.24, 2.45) is 4.99 Å². The number of hydrogen-bond acceptors (Lipinski definition) is 6. The summed E-state index contributed by atoms with van der Waals surface area (Å²) in [5.74, 6) is -0.618. The number of para-hydroxylation sites is 1. The first-order valence-corrected chi connectivity index (χ1v) is 11.1. The number of amidine groups is 1. The van der Waals surface area contributed by atoms with Crippen LogP contribution in [0.15, 0.2) is 82.7 Å². The predicted molar refractivity (Wildman–Crippen MR) is 131 cm³/mol. The minimum absolute atomic E-state index is 0.169. The zero-order valence-electron chi connectivity index (χ0n) is 18.1. The van der Waals surface area contributed by atoms with Gasteiger partial charge < -0.3 is 9.84 Å². The monoisotopic (exact) mass is 469 g/mol. The largest absolute Gasteiger partial charge is 0.488 e. The first-order valence-electron chi connectivity index (χ1n) is 10.3. The van der Waals surface area contributed by atoms with Crippen molar-refractivity contribution in [2.45, 2.75) is 6.61 Å². The maximum Gasteiger partial charge on any atom is 0.335 e. The summed E-state index contributed by atoms with van der Waals surface area (Å²) >= 11 is 1.23. The number of nitrogens with zero attached hydrogens (tertiary/aromatic N) is 3. The van der Waals surface area contributed by atoms with Crippen LogP contribution in [0.5, 0.6) is 5.75 Å². The highest BCUT2D eigenvalue weighted by Crippen LogP contribution is 2.35. The van der Waals surface area contributed by atoms with Crippen LogP contribution < -0.4 is 4.74 Å². The Hall–Kier alpha value is -4.35. The van der Waals surface area contributed by atoms with Crippen molar-refractivity contribution < 1.29 is 19.4 Å². The minimum Gasteiger partial charge on any atom is -0.488 e. The minimum atomic E-state index is -1.01. The van der Waals surface area contributed by atoms with Crippen LogP contribution in [0.4, 0.5) is 5.69 Å². The number of amides is 1. The topological polar surface area (TPSA) is 103 Å². The zero-order valence-corrected chi connectivity index (χ0v) is 19.0. The number of ether oxygens (including phenoxy) is 1. The van der Waals surface area contributed by atoms with Crippen molar-refractivity contribution in [2.75, 3.05) is 7.05 Å². The van der Waals surface area contributed by atoms with Crippen LogP contribution in [-0.4, -0.2) is 34.1 Å². The third-order valence-corrected chi connectivity index (χ3v) is 6.13. The van der Waals surface area contributed by atoms with Gasteiger partial charge in [0.25, 0.3) is 5.91 Å². The lowest BCUT2D eigenvalue weighted by molar-refractivity contribution is -0.121. The summed E-state index contributed by atoms with van der Waals surface area (Å²) in [6.45, 7) is 0.226. The Kier molecular flexibility index (Phi) is 6.76. The number of carbonyl (C=O) groups is 2. The molecule has 1 N–H and O–H groups in total. The first-order chi connectivity index (χ1) is 16.5. The third kappa shape index (κ3) is 5.00. The van der Waals surface area contributed by atoms with Gasteiger partial charge in [-0.2, -0.15) is 5.26 Å². The molecule has 0 spiro atoms. The number of nitriles is 1. The summed E-state index contributed by atoms with van der Waals surface area (Å²) < 4.78 is 5.98. The molecule has 0 saturated carbocycles. The second kappa shape index (κ2) is 10.1. The molecule has 168 valence electrons. The molecule has 1 heterocycles. The Morgan fingerprint density at radius 2 is 1.82 bits per heavy atom. The van der Waals surface area contributed by atoms with Gasteiger partial charge in [-0.3, -0.25) is 9.69 Å². The molecular formula is C26H19N3O4S. The van der Waals surface area contributed by atoms with E-state index in [1.54, 1.807) is 37.4 Å². The van der Waals surface area contributed by atoms with Gasteiger partial charge in [0.1, 0.15) is 12.4 Å². The Morgan fingerprint density at radius 1 is 1.12 bits per heavy atom. The number of aromatic carboxylic acids is 1. The Labute approximate surface area is 200 Å². The fourth-order valence-electron chi connectivity index (χ4n) is 3.22. The summed E-state index contributed by atoms with van der Waals surface area (Å²) in [4.78, 5) is 30.3. The molecule has 8 heteroatoms. The molecule has 1 aliphatic heterocycles. The van der Waals surface area contributed by atoms with Gasteiger partial charge in [-0.15, -0.1) is 0 Å². The standard InChI is InChI=1S/C26H19N3O4S/c1-29-24(30)23(34-26(29)28-21-12-10-17(11-13-21)25(31)32)14-18-6-4-5-9-22(18)33-16-20-8-3-2-7-19(20)15-27/h2-14H,16H2,1H3,(H,31,32)/b23-14-,28-26?. The van der Waals surface area contributed by atoms with Crippen LogP contribution in [-0.2, 0) is 11.4 Å². The molecule has 1 saturated heterocycles. The van der Waals surface area contributed by atoms with E-state index in [1.807, 2.05) is 36.4 Å². The number of benzene rings is 3. The highest BCUT2D eigenvalue weighted by atomic mass is 32.2. The molecule has 4 rings (SSSR count). The van der Waals surface area contributed by atoms with Crippen LogP contribution in [0, 0.1) is 11.3 Å². The number of hydrogen-bond donors (Lipinski definition) is 1. The van der Waals surface area contributed by atoms with Crippen LogP contribution in [0.2, 0.25) is 0 Å². The molecule has 0 atom stereocenters. The van der Waals surface area contributed by atoms with E-state index in [0.29, 0.717) is 27.1 Å². The van der Waals surface area contributed by atoms with E-state index in [-0.39, 0.29) is 18.1 Å². The smallest absolute Gasteiger partial charge is 0.335 e. The summed E-state index contributed by atoms with van der Waals surface area (Å²) in [5.41, 5.74) is 2.78. The van der Waals surface area contributed by atoms with E-state index in [0.717, 1.165) is 11.1 Å². The van der Waals surface area contributed by atoms with Crippen LogP contribution >= 0.6 is 11.8 Å². The number of carboxylic acid groups (broad SMARTS) is 1. The molecule has 0 unspecified atom stereocenters. The fraction of sp³-hybridized carbons (Fsp3) is 0.0769. The van der Waals surface area contributed by atoms with Gasteiger partial charge in [0.05, 0.1) is 27.8 Å². The van der Waals surface area contributed by atoms with Crippen molar-refractivity contribution in [3.8, 4) is 11.8 Å². The predicted octanol–water partition coefficient (Wildman–Crippen LogP) is 5.07. The number of likely N-dealkylation sites (N-methyl/N-ethyl adjacent to an activating group) is 1.